The van der Waals surface area contributed by atoms with Gasteiger partial charge in [-0.3, -0.25) is 0 Å². The highest BCUT2D eigenvalue weighted by Crippen LogP contribution is 2.38. The number of nitrogens with one attached hydrogen (secondary N) is 1. The molecule has 2 aromatic rings. The summed E-state index contributed by atoms with van der Waals surface area (Å²) in [5.74, 6) is 0.943. The summed E-state index contributed by atoms with van der Waals surface area (Å²) in [5, 5.41) is 3.59. The molecule has 0 radical (unpaired) electrons. The van der Waals surface area contributed by atoms with Crippen molar-refractivity contribution in [1.29, 1.82) is 0 Å². The minimum absolute atomic E-state index is 0.0594. The van der Waals surface area contributed by atoms with E-state index in [-0.39, 0.29) is 11.4 Å². The molecule has 2 heterocycles. The molecule has 1 aromatic heterocycles. The summed E-state index contributed by atoms with van der Waals surface area (Å²) in [6, 6.07) is 11.2. The number of carbonyl (C=O) groups excluding carboxylic acids is 1. The van der Waals surface area contributed by atoms with E-state index in [2.05, 4.69) is 16.0 Å². The number of anilines is 1. The summed E-state index contributed by atoms with van der Waals surface area (Å²) in [6.45, 7) is 0.743. The highest BCUT2D eigenvalue weighted by atomic mass is 35.5. The summed E-state index contributed by atoms with van der Waals surface area (Å²) in [7, 11) is 2.00. The summed E-state index contributed by atoms with van der Waals surface area (Å²) >= 11 is 7.73. The van der Waals surface area contributed by atoms with Gasteiger partial charge >= 0.3 is 6.03 Å². The van der Waals surface area contributed by atoms with Crippen LogP contribution >= 0.6 is 23.4 Å². The van der Waals surface area contributed by atoms with Gasteiger partial charge in [0.2, 0.25) is 0 Å². The maximum atomic E-state index is 12.5. The number of halogens is 1. The summed E-state index contributed by atoms with van der Waals surface area (Å²) < 4.78 is 2.06. The number of thioether (sulfide) groups is 1. The molecule has 2 amide bonds. The lowest BCUT2D eigenvalue weighted by Gasteiger charge is -2.24. The van der Waals surface area contributed by atoms with Crippen LogP contribution in [-0.2, 0) is 7.05 Å². The number of aryl methyl sites for hydroxylation is 1. The molecule has 1 fully saturated rings. The zero-order chi connectivity index (χ0) is 14.8. The van der Waals surface area contributed by atoms with Gasteiger partial charge < -0.3 is 14.8 Å². The van der Waals surface area contributed by atoms with E-state index in [0.29, 0.717) is 5.02 Å². The first kappa shape index (κ1) is 14.4. The lowest BCUT2D eigenvalue weighted by atomic mass is 10.3. The Labute approximate surface area is 133 Å². The van der Waals surface area contributed by atoms with Crippen LogP contribution in [0, 0.1) is 0 Å². The third kappa shape index (κ3) is 3.04. The molecule has 110 valence electrons. The number of hydrogen-bond acceptors (Lipinski definition) is 2. The quantitative estimate of drug-likeness (QED) is 0.909. The molecule has 1 atom stereocenters. The van der Waals surface area contributed by atoms with E-state index in [0.717, 1.165) is 23.7 Å². The molecule has 1 aromatic carbocycles. The molecule has 4 nitrogen and oxygen atoms in total. The molecule has 1 saturated heterocycles. The van der Waals surface area contributed by atoms with Crippen molar-refractivity contribution in [2.75, 3.05) is 17.6 Å². The van der Waals surface area contributed by atoms with E-state index in [1.807, 2.05) is 36.3 Å². The van der Waals surface area contributed by atoms with E-state index in [9.17, 15) is 4.79 Å². The molecule has 0 aliphatic carbocycles. The molecule has 6 heteroatoms. The van der Waals surface area contributed by atoms with Gasteiger partial charge in [-0.25, -0.2) is 4.79 Å². The number of hydrogen-bond donors (Lipinski definition) is 1. The fourth-order valence-electron chi connectivity index (χ4n) is 2.42. The summed E-state index contributed by atoms with van der Waals surface area (Å²) in [4.78, 5) is 14.4. The van der Waals surface area contributed by atoms with Crippen molar-refractivity contribution in [3.8, 4) is 0 Å². The minimum Gasteiger partial charge on any atom is -0.352 e. The van der Waals surface area contributed by atoms with Crippen LogP contribution in [-0.4, -0.2) is 27.8 Å². The number of nitrogens with zero attached hydrogens (tertiary/aromatic N) is 2. The van der Waals surface area contributed by atoms with Gasteiger partial charge in [0.05, 0.1) is 5.69 Å². The molecule has 1 N–H and O–H groups in total. The molecule has 3 rings (SSSR count). The first-order valence-corrected chi connectivity index (χ1v) is 8.14. The molecule has 1 unspecified atom stereocenters. The molecule has 0 spiro atoms. The van der Waals surface area contributed by atoms with Gasteiger partial charge in [-0.05, 0) is 30.3 Å². The fourth-order valence-corrected chi connectivity index (χ4v) is 3.93. The predicted octanol–water partition coefficient (Wildman–Crippen LogP) is 3.96. The number of urea groups is 1. The second-order valence-corrected chi connectivity index (χ2v) is 6.53. The zero-order valence-electron chi connectivity index (χ0n) is 11.6. The van der Waals surface area contributed by atoms with Crippen molar-refractivity contribution in [1.82, 2.24) is 9.47 Å². The third-order valence-corrected chi connectivity index (χ3v) is 4.93. The third-order valence-electron chi connectivity index (χ3n) is 3.46. The SMILES string of the molecule is Cn1cccc1C1SCCN1C(=O)Nc1cccc(Cl)c1. The van der Waals surface area contributed by atoms with Crippen molar-refractivity contribution in [3.05, 3.63) is 53.3 Å². The zero-order valence-corrected chi connectivity index (χ0v) is 13.2. The first-order valence-electron chi connectivity index (χ1n) is 6.71. The van der Waals surface area contributed by atoms with Crippen LogP contribution in [0.3, 0.4) is 0 Å². The van der Waals surface area contributed by atoms with Crippen LogP contribution in [0.15, 0.2) is 42.6 Å². The molecule has 1 aliphatic rings. The van der Waals surface area contributed by atoms with Gasteiger partial charge in [-0.2, -0.15) is 0 Å². The Morgan fingerprint density at radius 1 is 1.38 bits per heavy atom. The van der Waals surface area contributed by atoms with E-state index < -0.39 is 0 Å². The molecular weight excluding hydrogens is 306 g/mol. The van der Waals surface area contributed by atoms with Crippen molar-refractivity contribution < 1.29 is 4.79 Å². The Morgan fingerprint density at radius 2 is 2.24 bits per heavy atom. The average Bonchev–Trinajstić information content (AvgIpc) is 3.06. The molecular formula is C15H16ClN3OS. The Morgan fingerprint density at radius 3 is 2.95 bits per heavy atom. The van der Waals surface area contributed by atoms with Gasteiger partial charge in [0.25, 0.3) is 0 Å². The van der Waals surface area contributed by atoms with E-state index in [4.69, 9.17) is 11.6 Å². The second-order valence-electron chi connectivity index (χ2n) is 4.90. The van der Waals surface area contributed by atoms with Crippen LogP contribution in [0.4, 0.5) is 10.5 Å². The van der Waals surface area contributed by atoms with Crippen LogP contribution in [0.25, 0.3) is 0 Å². The van der Waals surface area contributed by atoms with Crippen molar-refractivity contribution in [2.45, 2.75) is 5.37 Å². The predicted molar refractivity (Wildman–Crippen MR) is 87.8 cm³/mol. The van der Waals surface area contributed by atoms with E-state index in [1.165, 1.54) is 0 Å². The highest BCUT2D eigenvalue weighted by Gasteiger charge is 2.32. The summed E-state index contributed by atoms with van der Waals surface area (Å²) in [5.41, 5.74) is 1.86. The molecule has 1 aliphatic heterocycles. The highest BCUT2D eigenvalue weighted by molar-refractivity contribution is 7.99. The fraction of sp³-hybridized carbons (Fsp3) is 0.267. The monoisotopic (exact) mass is 321 g/mol. The van der Waals surface area contributed by atoms with Crippen molar-refractivity contribution in [2.24, 2.45) is 7.05 Å². The Bertz CT molecular complexity index is 658. The number of benzene rings is 1. The van der Waals surface area contributed by atoms with Gasteiger partial charge in [0.1, 0.15) is 5.37 Å². The Hall–Kier alpha value is -1.59. The van der Waals surface area contributed by atoms with Crippen molar-refractivity contribution >= 4 is 35.1 Å². The Balaban J connectivity index is 1.76. The maximum absolute atomic E-state index is 12.5. The number of aromatic nitrogens is 1. The van der Waals surface area contributed by atoms with Crippen molar-refractivity contribution in [3.63, 3.8) is 0 Å². The molecule has 21 heavy (non-hydrogen) atoms. The van der Waals surface area contributed by atoms with Gasteiger partial charge in [-0.1, -0.05) is 17.7 Å². The topological polar surface area (TPSA) is 37.3 Å². The molecule has 0 bridgehead atoms. The second kappa shape index (κ2) is 6.03. The maximum Gasteiger partial charge on any atom is 0.323 e. The smallest absolute Gasteiger partial charge is 0.323 e. The van der Waals surface area contributed by atoms with Crippen LogP contribution < -0.4 is 5.32 Å². The average molecular weight is 322 g/mol. The first-order chi connectivity index (χ1) is 10.1. The standard InChI is InChI=1S/C15H16ClN3OS/c1-18-7-3-6-13(18)14-19(8-9-21-14)15(20)17-12-5-2-4-11(16)10-12/h2-7,10,14H,8-9H2,1H3,(H,17,20). The van der Waals surface area contributed by atoms with E-state index in [1.54, 1.807) is 23.9 Å². The van der Waals surface area contributed by atoms with Gasteiger partial charge in [0.15, 0.2) is 0 Å². The van der Waals surface area contributed by atoms with Gasteiger partial charge in [-0.15, -0.1) is 11.8 Å². The molecule has 0 saturated carbocycles. The Kier molecular flexibility index (Phi) is 4.12. The minimum atomic E-state index is -0.0894. The number of amides is 2. The normalized spacial score (nSPS) is 18.0. The van der Waals surface area contributed by atoms with E-state index >= 15 is 0 Å². The van der Waals surface area contributed by atoms with Crippen LogP contribution in [0.5, 0.6) is 0 Å². The number of carbonyl (C=O) groups is 1. The van der Waals surface area contributed by atoms with Crippen LogP contribution in [0.1, 0.15) is 11.1 Å². The number of rotatable bonds is 2. The largest absolute Gasteiger partial charge is 0.352 e. The summed E-state index contributed by atoms with van der Waals surface area (Å²) in [6.07, 6.45) is 2.00. The lowest BCUT2D eigenvalue weighted by molar-refractivity contribution is 0.213. The lowest BCUT2D eigenvalue weighted by Crippen LogP contribution is -2.34. The van der Waals surface area contributed by atoms with Crippen LogP contribution in [0.2, 0.25) is 5.02 Å². The van der Waals surface area contributed by atoms with Gasteiger partial charge in [0, 0.05) is 36.3 Å².